The highest BCUT2D eigenvalue weighted by Crippen LogP contribution is 2.20. The topological polar surface area (TPSA) is 20.2 Å². The van der Waals surface area contributed by atoms with Crippen molar-refractivity contribution < 1.29 is 9.50 Å². The third-order valence-corrected chi connectivity index (χ3v) is 4.21. The van der Waals surface area contributed by atoms with E-state index in [1.54, 1.807) is 6.07 Å². The summed E-state index contributed by atoms with van der Waals surface area (Å²) in [6.45, 7) is 2.23. The number of hydrogen-bond donors (Lipinski definition) is 1. The lowest BCUT2D eigenvalue weighted by Crippen LogP contribution is -2.10. The Morgan fingerprint density at radius 1 is 1.05 bits per heavy atom. The lowest BCUT2D eigenvalue weighted by molar-refractivity contribution is 0.161. The van der Waals surface area contributed by atoms with Crippen molar-refractivity contribution in [2.45, 2.75) is 77.2 Å². The van der Waals surface area contributed by atoms with E-state index >= 15 is 0 Å². The van der Waals surface area contributed by atoms with E-state index in [2.05, 4.69) is 6.92 Å². The van der Waals surface area contributed by atoms with Gasteiger partial charge in [0.2, 0.25) is 0 Å². The standard InChI is InChI=1S/C18H28ClFO/c1-2-3-4-5-6-7-8-9-10-17(21)13-15-11-12-16(20)14-18(15)19/h11-12,14,17,21H,2-10,13H2,1H3. The molecule has 0 aliphatic rings. The van der Waals surface area contributed by atoms with Crippen molar-refractivity contribution in [1.29, 1.82) is 0 Å². The van der Waals surface area contributed by atoms with Crippen LogP contribution in [-0.4, -0.2) is 11.2 Å². The van der Waals surface area contributed by atoms with Gasteiger partial charge in [0.05, 0.1) is 6.10 Å². The Bertz CT molecular complexity index is 395. The summed E-state index contributed by atoms with van der Waals surface area (Å²) in [5.74, 6) is -0.332. The second-order valence-corrected chi connectivity index (χ2v) is 6.26. The minimum Gasteiger partial charge on any atom is -0.393 e. The minimum atomic E-state index is -0.381. The van der Waals surface area contributed by atoms with Crippen LogP contribution in [0.4, 0.5) is 4.39 Å². The Morgan fingerprint density at radius 3 is 2.29 bits per heavy atom. The van der Waals surface area contributed by atoms with E-state index < -0.39 is 0 Å². The Morgan fingerprint density at radius 2 is 1.67 bits per heavy atom. The summed E-state index contributed by atoms with van der Waals surface area (Å²) in [5, 5.41) is 10.4. The zero-order valence-electron chi connectivity index (χ0n) is 13.1. The van der Waals surface area contributed by atoms with Crippen molar-refractivity contribution in [3.63, 3.8) is 0 Å². The lowest BCUT2D eigenvalue weighted by Gasteiger charge is -2.11. The van der Waals surface area contributed by atoms with E-state index in [1.807, 2.05) is 0 Å². The highest BCUT2D eigenvalue weighted by molar-refractivity contribution is 6.31. The van der Waals surface area contributed by atoms with Gasteiger partial charge in [-0.3, -0.25) is 0 Å². The van der Waals surface area contributed by atoms with E-state index in [0.717, 1.165) is 18.4 Å². The normalized spacial score (nSPS) is 12.6. The van der Waals surface area contributed by atoms with Crippen LogP contribution in [0.1, 0.15) is 70.3 Å². The maximum atomic E-state index is 12.9. The van der Waals surface area contributed by atoms with Gasteiger partial charge < -0.3 is 5.11 Å². The number of aliphatic hydroxyl groups is 1. The molecule has 1 atom stereocenters. The van der Waals surface area contributed by atoms with E-state index in [1.165, 1.54) is 57.1 Å². The predicted octanol–water partition coefficient (Wildman–Crippen LogP) is 5.91. The minimum absolute atomic E-state index is 0.332. The molecule has 1 unspecified atom stereocenters. The molecule has 21 heavy (non-hydrogen) atoms. The van der Waals surface area contributed by atoms with Crippen LogP contribution in [0.25, 0.3) is 0 Å². The summed E-state index contributed by atoms with van der Waals surface area (Å²) in [7, 11) is 0. The quantitative estimate of drug-likeness (QED) is 0.503. The van der Waals surface area contributed by atoms with Gasteiger partial charge in [0.1, 0.15) is 5.82 Å². The first-order chi connectivity index (χ1) is 10.1. The monoisotopic (exact) mass is 314 g/mol. The first kappa shape index (κ1) is 18.4. The van der Waals surface area contributed by atoms with E-state index in [-0.39, 0.29) is 11.9 Å². The molecule has 120 valence electrons. The number of aliphatic hydroxyl groups excluding tert-OH is 1. The maximum Gasteiger partial charge on any atom is 0.124 e. The van der Waals surface area contributed by atoms with Crippen molar-refractivity contribution >= 4 is 11.6 Å². The highest BCUT2D eigenvalue weighted by atomic mass is 35.5. The second-order valence-electron chi connectivity index (χ2n) is 5.86. The molecule has 0 aromatic heterocycles. The second kappa shape index (κ2) is 11.0. The molecular weight excluding hydrogens is 287 g/mol. The summed E-state index contributed by atoms with van der Waals surface area (Å²) < 4.78 is 12.9. The van der Waals surface area contributed by atoms with Gasteiger partial charge in [-0.15, -0.1) is 0 Å². The van der Waals surface area contributed by atoms with Crippen LogP contribution in [0, 0.1) is 5.82 Å². The largest absolute Gasteiger partial charge is 0.393 e. The predicted molar refractivity (Wildman–Crippen MR) is 88.3 cm³/mol. The maximum absolute atomic E-state index is 12.9. The van der Waals surface area contributed by atoms with Crippen molar-refractivity contribution in [1.82, 2.24) is 0 Å². The fourth-order valence-corrected chi connectivity index (χ4v) is 2.80. The summed E-state index contributed by atoms with van der Waals surface area (Å²) in [6.07, 6.45) is 11.0. The van der Waals surface area contributed by atoms with Crippen LogP contribution in [0.2, 0.25) is 5.02 Å². The molecule has 1 nitrogen and oxygen atoms in total. The fourth-order valence-electron chi connectivity index (χ4n) is 2.56. The number of halogens is 2. The Labute approximate surface area is 133 Å². The van der Waals surface area contributed by atoms with Crippen LogP contribution in [0.15, 0.2) is 18.2 Å². The van der Waals surface area contributed by atoms with Gasteiger partial charge >= 0.3 is 0 Å². The third kappa shape index (κ3) is 8.43. The highest BCUT2D eigenvalue weighted by Gasteiger charge is 2.09. The molecule has 0 saturated carbocycles. The van der Waals surface area contributed by atoms with Gasteiger partial charge in [0.15, 0.2) is 0 Å². The number of benzene rings is 1. The van der Waals surface area contributed by atoms with Crippen LogP contribution in [-0.2, 0) is 6.42 Å². The molecule has 0 aliphatic heterocycles. The summed E-state index contributed by atoms with van der Waals surface area (Å²) in [6, 6.07) is 4.36. The molecule has 0 aliphatic carbocycles. The molecule has 0 amide bonds. The first-order valence-electron chi connectivity index (χ1n) is 8.25. The van der Waals surface area contributed by atoms with Crippen LogP contribution >= 0.6 is 11.6 Å². The molecule has 0 bridgehead atoms. The van der Waals surface area contributed by atoms with Crippen molar-refractivity contribution in [3.05, 3.63) is 34.6 Å². The van der Waals surface area contributed by atoms with Gasteiger partial charge in [-0.1, -0.05) is 76.0 Å². The average molecular weight is 315 g/mol. The molecule has 0 heterocycles. The van der Waals surface area contributed by atoms with Gasteiger partial charge in [0.25, 0.3) is 0 Å². The molecule has 1 rings (SSSR count). The van der Waals surface area contributed by atoms with Gasteiger partial charge in [-0.05, 0) is 30.5 Å². The van der Waals surface area contributed by atoms with Crippen molar-refractivity contribution in [2.75, 3.05) is 0 Å². The summed E-state index contributed by atoms with van der Waals surface area (Å²) in [5.41, 5.74) is 0.824. The smallest absolute Gasteiger partial charge is 0.124 e. The number of hydrogen-bond acceptors (Lipinski definition) is 1. The van der Waals surface area contributed by atoms with Gasteiger partial charge in [-0.25, -0.2) is 4.39 Å². The zero-order chi connectivity index (χ0) is 15.5. The van der Waals surface area contributed by atoms with E-state index in [0.29, 0.717) is 11.4 Å². The average Bonchev–Trinajstić information content (AvgIpc) is 2.45. The van der Waals surface area contributed by atoms with Gasteiger partial charge in [-0.2, -0.15) is 0 Å². The molecule has 3 heteroatoms. The molecule has 0 fully saturated rings. The van der Waals surface area contributed by atoms with E-state index in [4.69, 9.17) is 11.6 Å². The molecule has 1 aromatic carbocycles. The number of rotatable bonds is 11. The number of unbranched alkanes of at least 4 members (excludes halogenated alkanes) is 7. The molecule has 0 saturated heterocycles. The van der Waals surface area contributed by atoms with Crippen molar-refractivity contribution in [2.24, 2.45) is 0 Å². The lowest BCUT2D eigenvalue weighted by atomic mass is 10.0. The van der Waals surface area contributed by atoms with Crippen LogP contribution in [0.3, 0.4) is 0 Å². The molecule has 0 spiro atoms. The summed E-state index contributed by atoms with van der Waals surface area (Å²) in [4.78, 5) is 0. The van der Waals surface area contributed by atoms with Crippen LogP contribution < -0.4 is 0 Å². The SMILES string of the molecule is CCCCCCCCCCC(O)Cc1ccc(F)cc1Cl. The Hall–Kier alpha value is -0.600. The fraction of sp³-hybridized carbons (Fsp3) is 0.667. The Balaban J connectivity index is 2.10. The molecule has 1 aromatic rings. The van der Waals surface area contributed by atoms with Crippen LogP contribution in [0.5, 0.6) is 0 Å². The molecule has 0 radical (unpaired) electrons. The van der Waals surface area contributed by atoms with Gasteiger partial charge in [0, 0.05) is 5.02 Å². The Kier molecular flexibility index (Phi) is 9.69. The third-order valence-electron chi connectivity index (χ3n) is 3.86. The summed E-state index contributed by atoms with van der Waals surface area (Å²) >= 11 is 5.97. The molecular formula is C18H28ClFO. The zero-order valence-corrected chi connectivity index (χ0v) is 13.8. The molecule has 1 N–H and O–H groups in total. The first-order valence-corrected chi connectivity index (χ1v) is 8.63. The van der Waals surface area contributed by atoms with Crippen molar-refractivity contribution in [3.8, 4) is 0 Å². The van der Waals surface area contributed by atoms with E-state index in [9.17, 15) is 9.50 Å².